The van der Waals surface area contributed by atoms with Gasteiger partial charge in [0.05, 0.1) is 5.75 Å². The third-order valence-electron chi connectivity index (χ3n) is 4.98. The average Bonchev–Trinajstić information content (AvgIpc) is 3.17. The van der Waals surface area contributed by atoms with Gasteiger partial charge in [0.25, 0.3) is 0 Å². The SMILES string of the molecule is CC1CCN(c2nc3ncnc(SCC(=O)NCc4ccccc4Cl)c3s2)CC1. The molecule has 1 N–H and O–H groups in total. The fraction of sp³-hybridized carbons (Fsp3) is 0.400. The maximum Gasteiger partial charge on any atom is 0.230 e. The molecular formula is C20H22ClN5OS2. The van der Waals surface area contributed by atoms with Gasteiger partial charge >= 0.3 is 0 Å². The van der Waals surface area contributed by atoms with Crippen molar-refractivity contribution in [3.63, 3.8) is 0 Å². The van der Waals surface area contributed by atoms with E-state index in [9.17, 15) is 4.79 Å². The summed E-state index contributed by atoms with van der Waals surface area (Å²) in [6.07, 6.45) is 3.90. The van der Waals surface area contributed by atoms with Crippen LogP contribution in [0.4, 0.5) is 5.13 Å². The number of halogens is 1. The van der Waals surface area contributed by atoms with Crippen molar-refractivity contribution in [1.29, 1.82) is 0 Å². The molecular weight excluding hydrogens is 426 g/mol. The van der Waals surface area contributed by atoms with E-state index in [0.717, 1.165) is 39.4 Å². The Morgan fingerprint density at radius 1 is 1.31 bits per heavy atom. The van der Waals surface area contributed by atoms with Crippen LogP contribution >= 0.6 is 34.7 Å². The first-order valence-electron chi connectivity index (χ1n) is 9.59. The Bertz CT molecular complexity index is 1000. The van der Waals surface area contributed by atoms with Crippen molar-refractivity contribution >= 4 is 56.1 Å². The average molecular weight is 448 g/mol. The molecule has 0 bridgehead atoms. The fourth-order valence-electron chi connectivity index (χ4n) is 3.18. The van der Waals surface area contributed by atoms with Crippen LogP contribution in [0.15, 0.2) is 35.6 Å². The third kappa shape index (κ3) is 4.99. The van der Waals surface area contributed by atoms with Crippen LogP contribution < -0.4 is 10.2 Å². The normalized spacial score (nSPS) is 15.0. The molecule has 2 aromatic heterocycles. The number of carbonyl (C=O) groups is 1. The van der Waals surface area contributed by atoms with Gasteiger partial charge in [-0.15, -0.1) is 0 Å². The zero-order valence-corrected chi connectivity index (χ0v) is 18.5. The molecule has 0 aliphatic carbocycles. The van der Waals surface area contributed by atoms with Crippen LogP contribution in [0.5, 0.6) is 0 Å². The molecule has 0 unspecified atom stereocenters. The fourth-order valence-corrected chi connectivity index (χ4v) is 5.36. The molecule has 0 atom stereocenters. The lowest BCUT2D eigenvalue weighted by Crippen LogP contribution is -2.32. The lowest BCUT2D eigenvalue weighted by molar-refractivity contribution is -0.118. The summed E-state index contributed by atoms with van der Waals surface area (Å²) < 4.78 is 0.949. The van der Waals surface area contributed by atoms with Gasteiger partial charge in [0.15, 0.2) is 10.8 Å². The van der Waals surface area contributed by atoms with Crippen LogP contribution in [0.2, 0.25) is 5.02 Å². The van der Waals surface area contributed by atoms with E-state index in [0.29, 0.717) is 17.2 Å². The van der Waals surface area contributed by atoms with Crippen LogP contribution in [0, 0.1) is 5.92 Å². The number of thioether (sulfide) groups is 1. The molecule has 1 aromatic carbocycles. The number of aromatic nitrogens is 3. The summed E-state index contributed by atoms with van der Waals surface area (Å²) >= 11 is 9.17. The Morgan fingerprint density at radius 3 is 2.90 bits per heavy atom. The highest BCUT2D eigenvalue weighted by Crippen LogP contribution is 2.35. The van der Waals surface area contributed by atoms with Gasteiger partial charge in [-0.2, -0.15) is 4.98 Å². The van der Waals surface area contributed by atoms with E-state index >= 15 is 0 Å². The third-order valence-corrected chi connectivity index (χ3v) is 7.57. The molecule has 0 radical (unpaired) electrons. The second-order valence-corrected chi connectivity index (χ2v) is 9.50. The molecule has 1 fully saturated rings. The second-order valence-electron chi connectivity index (χ2n) is 7.15. The van der Waals surface area contributed by atoms with E-state index in [1.165, 1.54) is 30.9 Å². The Morgan fingerprint density at radius 2 is 2.10 bits per heavy atom. The first-order chi connectivity index (χ1) is 14.1. The quantitative estimate of drug-likeness (QED) is 0.446. The van der Waals surface area contributed by atoms with E-state index in [1.54, 1.807) is 11.3 Å². The molecule has 152 valence electrons. The molecule has 3 heterocycles. The van der Waals surface area contributed by atoms with Gasteiger partial charge in [0, 0.05) is 24.7 Å². The first-order valence-corrected chi connectivity index (χ1v) is 11.8. The summed E-state index contributed by atoms with van der Waals surface area (Å²) in [6.45, 7) is 4.77. The highest BCUT2D eigenvalue weighted by atomic mass is 35.5. The number of thiazole rings is 1. The molecule has 1 saturated heterocycles. The minimum atomic E-state index is -0.0589. The summed E-state index contributed by atoms with van der Waals surface area (Å²) in [5, 5.41) is 5.37. The number of carbonyl (C=O) groups excluding carboxylic acids is 1. The molecule has 0 saturated carbocycles. The number of nitrogens with zero attached hydrogens (tertiary/aromatic N) is 4. The van der Waals surface area contributed by atoms with Crippen molar-refractivity contribution in [1.82, 2.24) is 20.3 Å². The Hall–Kier alpha value is -1.90. The number of hydrogen-bond acceptors (Lipinski definition) is 7. The van der Waals surface area contributed by atoms with Crippen LogP contribution in [0.1, 0.15) is 25.3 Å². The van der Waals surface area contributed by atoms with Crippen LogP contribution in [-0.2, 0) is 11.3 Å². The molecule has 6 nitrogen and oxygen atoms in total. The van der Waals surface area contributed by atoms with Gasteiger partial charge in [-0.25, -0.2) is 9.97 Å². The van der Waals surface area contributed by atoms with Crippen LogP contribution in [-0.4, -0.2) is 39.7 Å². The number of fused-ring (bicyclic) bond motifs is 1. The van der Waals surface area contributed by atoms with E-state index in [1.807, 2.05) is 24.3 Å². The first kappa shape index (κ1) is 20.4. The maximum absolute atomic E-state index is 12.3. The summed E-state index contributed by atoms with van der Waals surface area (Å²) in [4.78, 5) is 28.0. The molecule has 0 spiro atoms. The number of anilines is 1. The smallest absolute Gasteiger partial charge is 0.230 e. The topological polar surface area (TPSA) is 71.0 Å². The van der Waals surface area contributed by atoms with Gasteiger partial charge < -0.3 is 10.2 Å². The van der Waals surface area contributed by atoms with Crippen molar-refractivity contribution < 1.29 is 4.79 Å². The van der Waals surface area contributed by atoms with E-state index in [-0.39, 0.29) is 11.7 Å². The zero-order valence-electron chi connectivity index (χ0n) is 16.1. The van der Waals surface area contributed by atoms with Gasteiger partial charge in [-0.3, -0.25) is 4.79 Å². The highest BCUT2D eigenvalue weighted by molar-refractivity contribution is 8.00. The summed E-state index contributed by atoms with van der Waals surface area (Å²) in [5.41, 5.74) is 1.61. The molecule has 1 amide bonds. The van der Waals surface area contributed by atoms with Crippen molar-refractivity contribution in [2.24, 2.45) is 5.92 Å². The molecule has 4 rings (SSSR count). The van der Waals surface area contributed by atoms with Gasteiger partial charge in [0.1, 0.15) is 16.1 Å². The number of amides is 1. The Labute approximate surface area is 183 Å². The molecule has 3 aromatic rings. The minimum absolute atomic E-state index is 0.0589. The number of rotatable bonds is 6. The highest BCUT2D eigenvalue weighted by Gasteiger charge is 2.20. The monoisotopic (exact) mass is 447 g/mol. The predicted octanol–water partition coefficient (Wildman–Crippen LogP) is 4.38. The number of nitrogens with one attached hydrogen (secondary N) is 1. The van der Waals surface area contributed by atoms with Crippen LogP contribution in [0.3, 0.4) is 0 Å². The lowest BCUT2D eigenvalue weighted by atomic mass is 10.00. The van der Waals surface area contributed by atoms with Crippen molar-refractivity contribution in [2.75, 3.05) is 23.7 Å². The van der Waals surface area contributed by atoms with E-state index in [2.05, 4.69) is 27.1 Å². The summed E-state index contributed by atoms with van der Waals surface area (Å²) in [7, 11) is 0. The molecule has 9 heteroatoms. The summed E-state index contributed by atoms with van der Waals surface area (Å²) in [6, 6.07) is 7.51. The Balaban J connectivity index is 1.39. The lowest BCUT2D eigenvalue weighted by Gasteiger charge is -2.29. The number of benzene rings is 1. The summed E-state index contributed by atoms with van der Waals surface area (Å²) in [5.74, 6) is 0.998. The second kappa shape index (κ2) is 9.28. The molecule has 29 heavy (non-hydrogen) atoms. The maximum atomic E-state index is 12.3. The van der Waals surface area contributed by atoms with Crippen molar-refractivity contribution in [2.45, 2.75) is 31.3 Å². The van der Waals surface area contributed by atoms with Crippen molar-refractivity contribution in [3.05, 3.63) is 41.2 Å². The number of piperidine rings is 1. The van der Waals surface area contributed by atoms with Crippen LogP contribution in [0.25, 0.3) is 10.3 Å². The van der Waals surface area contributed by atoms with Gasteiger partial charge in [-0.05, 0) is 30.4 Å². The zero-order chi connectivity index (χ0) is 20.2. The predicted molar refractivity (Wildman–Crippen MR) is 120 cm³/mol. The molecule has 1 aliphatic rings. The van der Waals surface area contributed by atoms with Gasteiger partial charge in [-0.1, -0.05) is 59.8 Å². The van der Waals surface area contributed by atoms with Crippen molar-refractivity contribution in [3.8, 4) is 0 Å². The number of hydrogen-bond donors (Lipinski definition) is 1. The van der Waals surface area contributed by atoms with E-state index in [4.69, 9.17) is 16.6 Å². The minimum Gasteiger partial charge on any atom is -0.351 e. The standard InChI is InChI=1S/C20H22ClN5OS2/c1-13-6-8-26(9-7-13)20-25-18-17(29-20)19(24-12-23-18)28-11-16(27)22-10-14-4-2-3-5-15(14)21/h2-5,12-13H,6-11H2,1H3,(H,22,27). The largest absolute Gasteiger partial charge is 0.351 e. The van der Waals surface area contributed by atoms with E-state index < -0.39 is 0 Å². The molecule has 1 aliphatic heterocycles. The van der Waals surface area contributed by atoms with Gasteiger partial charge in [0.2, 0.25) is 5.91 Å². The Kier molecular flexibility index (Phi) is 6.52.